The van der Waals surface area contributed by atoms with Crippen LogP contribution in [0.1, 0.15) is 88.8 Å². The van der Waals surface area contributed by atoms with E-state index in [-0.39, 0.29) is 29.2 Å². The van der Waals surface area contributed by atoms with Gasteiger partial charge in [0.2, 0.25) is 5.95 Å². The third kappa shape index (κ3) is 13.0. The normalized spacial score (nSPS) is 14.7. The molecule has 1 fully saturated rings. The Labute approximate surface area is 680 Å². The van der Waals surface area contributed by atoms with Crippen molar-refractivity contribution >= 4 is 134 Å². The lowest BCUT2D eigenvalue weighted by Crippen LogP contribution is -2.41. The van der Waals surface area contributed by atoms with Crippen LogP contribution in [0.15, 0.2) is 339 Å². The lowest BCUT2D eigenvalue weighted by Gasteiger charge is -2.32. The van der Waals surface area contributed by atoms with Gasteiger partial charge in [-0.25, -0.2) is 15.0 Å². The van der Waals surface area contributed by atoms with E-state index < -0.39 is 0 Å². The fourth-order valence-corrected chi connectivity index (χ4v) is 17.2. The summed E-state index contributed by atoms with van der Waals surface area (Å²) >= 11 is 3.49. The van der Waals surface area contributed by atoms with Crippen LogP contribution in [0.25, 0.3) is 150 Å². The summed E-state index contributed by atoms with van der Waals surface area (Å²) in [5.74, 6) is 2.40. The molecule has 6 heterocycles. The first-order chi connectivity index (χ1) is 56.3. The number of aromatic amines is 1. The van der Waals surface area contributed by atoms with E-state index in [1.807, 2.05) is 152 Å². The molecular weight excluding hydrogens is 1490 g/mol. The summed E-state index contributed by atoms with van der Waals surface area (Å²) in [4.78, 5) is 26.8. The summed E-state index contributed by atoms with van der Waals surface area (Å²) < 4.78 is 28.4. The summed E-state index contributed by atoms with van der Waals surface area (Å²) in [5, 5.41) is 16.6. The van der Waals surface area contributed by atoms with Gasteiger partial charge in [0.1, 0.15) is 28.7 Å². The first-order valence-corrected chi connectivity index (χ1v) is 40.0. The minimum absolute atomic E-state index is 0.127. The van der Waals surface area contributed by atoms with Crippen molar-refractivity contribution in [3.05, 3.63) is 353 Å². The second-order valence-corrected chi connectivity index (χ2v) is 32.9. The van der Waals surface area contributed by atoms with Crippen LogP contribution in [-0.2, 0) is 20.1 Å². The molecule has 12 nitrogen and oxygen atoms in total. The van der Waals surface area contributed by atoms with Crippen molar-refractivity contribution in [2.75, 3.05) is 0 Å². The molecule has 0 radical (unpaired) electrons. The molecule has 14 heteroatoms. The molecule has 0 amide bonds. The number of benzene rings is 14. The average Bonchev–Trinajstić information content (AvgIpc) is 1.56. The van der Waals surface area contributed by atoms with Gasteiger partial charge in [-0.2, -0.15) is 9.97 Å². The van der Waals surface area contributed by atoms with Gasteiger partial charge in [-0.1, -0.05) is 274 Å². The predicted octanol–water partition coefficient (Wildman–Crippen LogP) is 25.6. The summed E-state index contributed by atoms with van der Waals surface area (Å²) in [6, 6.07) is 109. The van der Waals surface area contributed by atoms with Crippen LogP contribution in [0, 0.1) is 5.41 Å². The van der Waals surface area contributed by atoms with E-state index in [9.17, 15) is 0 Å². The number of rotatable bonds is 8. The molecule has 14 aromatic carbocycles. The van der Waals surface area contributed by atoms with E-state index >= 15 is 0 Å². The van der Waals surface area contributed by atoms with Crippen molar-refractivity contribution in [1.29, 1.82) is 5.41 Å². The second kappa shape index (κ2) is 29.0. The quantitative estimate of drug-likeness (QED) is 0.0873. The van der Waals surface area contributed by atoms with Gasteiger partial charge in [0.15, 0.2) is 17.5 Å². The molecule has 2 N–H and O–H groups in total. The Bertz CT molecular complexity index is 7070. The van der Waals surface area contributed by atoms with Crippen molar-refractivity contribution in [2.24, 2.45) is 9.98 Å². The first kappa shape index (κ1) is 73.0. The van der Waals surface area contributed by atoms with Crippen LogP contribution in [0.3, 0.4) is 0 Å². The van der Waals surface area contributed by atoms with E-state index in [4.69, 9.17) is 38.5 Å². The van der Waals surface area contributed by atoms with Crippen LogP contribution in [-0.4, -0.2) is 61.2 Å². The first-order valence-electron chi connectivity index (χ1n) is 39.2. The van der Waals surface area contributed by atoms with Gasteiger partial charge in [0.05, 0.1) is 22.2 Å². The SMILES string of the molecule is Brc1ccc2[nH]c3ccccc3c2c1.CC1(C)c2cc(-c3ccc4c(c3)c3ccccc3n4-c3nc(-c4ccccc4)nc(-c4ccccc4)n3)ccc2-c2cc3c(cc21)oc1ccccc13.CC1(C)c2cc(B3OC(C)(C)C(C)(C)O3)ccc2-c2cc3c(cc21)oc1ccccc13.N=CN=C(N=Cc1ccccc1)c1ccccc1. The topological polar surface area (TPSA) is 153 Å². The molecule has 0 atom stereocenters. The van der Waals surface area contributed by atoms with Gasteiger partial charge in [0, 0.05) is 92.3 Å². The third-order valence-corrected chi connectivity index (χ3v) is 24.1. The molecule has 1 aliphatic heterocycles. The molecule has 562 valence electrons. The zero-order chi connectivity index (χ0) is 79.2. The van der Waals surface area contributed by atoms with Gasteiger partial charge in [-0.05, 0) is 179 Å². The number of para-hydroxylation sites is 4. The van der Waals surface area contributed by atoms with Gasteiger partial charge >= 0.3 is 7.12 Å². The van der Waals surface area contributed by atoms with Gasteiger partial charge in [0.25, 0.3) is 0 Å². The number of hydrogen-bond donors (Lipinski definition) is 2. The van der Waals surface area contributed by atoms with E-state index in [1.165, 1.54) is 93.6 Å². The largest absolute Gasteiger partial charge is 0.494 e. The molecule has 0 unspecified atom stereocenters. The molecule has 19 aromatic rings. The number of aromatic nitrogens is 5. The lowest BCUT2D eigenvalue weighted by molar-refractivity contribution is 0.00578. The minimum atomic E-state index is -0.352. The van der Waals surface area contributed by atoms with Gasteiger partial charge < -0.3 is 23.1 Å². The monoisotopic (exact) mass is 1570 g/mol. The molecule has 116 heavy (non-hydrogen) atoms. The maximum atomic E-state index is 7.08. The van der Waals surface area contributed by atoms with Crippen molar-refractivity contribution in [2.45, 2.75) is 77.4 Å². The average molecular weight is 1570 g/mol. The van der Waals surface area contributed by atoms with Crippen molar-refractivity contribution in [3.63, 3.8) is 0 Å². The Morgan fingerprint density at radius 3 is 1.48 bits per heavy atom. The highest BCUT2D eigenvalue weighted by molar-refractivity contribution is 9.10. The molecule has 2 aliphatic carbocycles. The number of halogens is 1. The Morgan fingerprint density at radius 1 is 0.397 bits per heavy atom. The van der Waals surface area contributed by atoms with Gasteiger partial charge in [-0.15, -0.1) is 0 Å². The number of amidine groups is 1. The Balaban J connectivity index is 0.000000119. The van der Waals surface area contributed by atoms with Crippen LogP contribution in [0.2, 0.25) is 0 Å². The number of nitrogens with zero attached hydrogens (tertiary/aromatic N) is 6. The third-order valence-electron chi connectivity index (χ3n) is 23.6. The zero-order valence-electron chi connectivity index (χ0n) is 65.4. The Morgan fingerprint density at radius 2 is 0.879 bits per heavy atom. The molecular formula is C102H80BBrN8O4. The Kier molecular flexibility index (Phi) is 18.2. The maximum absolute atomic E-state index is 7.08. The van der Waals surface area contributed by atoms with Gasteiger partial charge in [-0.3, -0.25) is 9.98 Å². The summed E-state index contributed by atoms with van der Waals surface area (Å²) in [6.07, 6.45) is 2.75. The van der Waals surface area contributed by atoms with Crippen molar-refractivity contribution < 1.29 is 18.1 Å². The number of furan rings is 2. The van der Waals surface area contributed by atoms with Crippen molar-refractivity contribution in [3.8, 4) is 62.1 Å². The number of aliphatic imine (C=N–C) groups is 2. The molecule has 0 bridgehead atoms. The second-order valence-electron chi connectivity index (χ2n) is 32.0. The van der Waals surface area contributed by atoms with Crippen LogP contribution in [0.5, 0.6) is 0 Å². The summed E-state index contributed by atoms with van der Waals surface area (Å²) in [7, 11) is -0.352. The summed E-state index contributed by atoms with van der Waals surface area (Å²) in [6.45, 7) is 17.6. The zero-order valence-corrected chi connectivity index (χ0v) is 67.0. The fraction of sp³-hybridized carbons (Fsp3) is 0.118. The standard InChI is InChI=1S/C48H32N4O.C27H27BO3.C15H13N3.C12H8BrN/c1-48(2)39-26-32(21-23-33(39)36-27-38-35-18-10-12-20-43(35)53-44(38)28-40(36)48)31-22-24-42-37(25-31)34-17-9-11-19-41(34)52(42)47-50-45(29-13-5-3-6-14-29)49-46(51-47)30-15-7-4-8-16-30;1-25(2)21-13-16(28-30-26(3,4)27(5,6)31-28)11-12-17(21)19-14-20-18-9-7-8-10-23(18)29-24(20)15-22(19)25;16-12-18-15(14-9-5-2-6-10-14)17-11-13-7-3-1-4-8-13;13-8-5-6-12-10(7-8)9-3-1-2-4-11(9)14-12/h3-28H,1-2H3;7-15H,1-6H3;1-12,16H;1-7,14H. The smallest absolute Gasteiger partial charge is 0.456 e. The highest BCUT2D eigenvalue weighted by atomic mass is 79.9. The highest BCUT2D eigenvalue weighted by Crippen LogP contribution is 2.54. The van der Waals surface area contributed by atoms with Crippen LogP contribution in [0.4, 0.5) is 0 Å². The van der Waals surface area contributed by atoms with E-state index in [1.54, 1.807) is 6.21 Å². The van der Waals surface area contributed by atoms with E-state index in [2.05, 4.69) is 255 Å². The van der Waals surface area contributed by atoms with Crippen LogP contribution < -0.4 is 5.46 Å². The number of nitrogens with one attached hydrogen (secondary N) is 2. The minimum Gasteiger partial charge on any atom is -0.456 e. The molecule has 0 spiro atoms. The molecule has 5 aromatic heterocycles. The number of fused-ring (bicyclic) bond motifs is 18. The molecule has 0 saturated carbocycles. The van der Waals surface area contributed by atoms with E-state index in [0.717, 1.165) is 88.1 Å². The lowest BCUT2D eigenvalue weighted by atomic mass is 9.74. The van der Waals surface area contributed by atoms with Crippen LogP contribution >= 0.6 is 15.9 Å². The molecule has 22 rings (SSSR count). The molecule has 1 saturated heterocycles. The van der Waals surface area contributed by atoms with Crippen molar-refractivity contribution in [1.82, 2.24) is 24.5 Å². The highest BCUT2D eigenvalue weighted by Gasteiger charge is 2.52. The van der Waals surface area contributed by atoms with E-state index in [0.29, 0.717) is 23.4 Å². The predicted molar refractivity (Wildman–Crippen MR) is 482 cm³/mol. The molecule has 3 aliphatic rings. The summed E-state index contributed by atoms with van der Waals surface area (Å²) in [5.41, 5.74) is 24.9. The number of hydrogen-bond acceptors (Lipinski definition) is 8. The Hall–Kier alpha value is -13.2. The number of H-pyrrole nitrogens is 1. The fourth-order valence-electron chi connectivity index (χ4n) is 16.8. The maximum Gasteiger partial charge on any atom is 0.494 e.